The van der Waals surface area contributed by atoms with Gasteiger partial charge in [-0.3, -0.25) is 0 Å². The molecule has 0 aliphatic carbocycles. The summed E-state index contributed by atoms with van der Waals surface area (Å²) in [6, 6.07) is 12.6. The third-order valence-corrected chi connectivity index (χ3v) is 3.00. The number of carboxylic acid groups (broad SMARTS) is 1. The first-order chi connectivity index (χ1) is 10.1. The van der Waals surface area contributed by atoms with Gasteiger partial charge in [0.1, 0.15) is 5.82 Å². The maximum atomic E-state index is 11.1. The number of benzene rings is 1. The van der Waals surface area contributed by atoms with E-state index in [4.69, 9.17) is 10.4 Å². The molecule has 5 nitrogen and oxygen atoms in total. The molecular formula is C16H15N3O2. The van der Waals surface area contributed by atoms with Gasteiger partial charge in [0.25, 0.3) is 0 Å². The van der Waals surface area contributed by atoms with Gasteiger partial charge < -0.3 is 10.4 Å². The third-order valence-electron chi connectivity index (χ3n) is 3.00. The first-order valence-corrected chi connectivity index (χ1v) is 6.59. The smallest absolute Gasteiger partial charge is 0.335 e. The third kappa shape index (κ3) is 3.80. The lowest BCUT2D eigenvalue weighted by Crippen LogP contribution is -2.03. The molecule has 0 aliphatic heterocycles. The van der Waals surface area contributed by atoms with Crippen molar-refractivity contribution in [2.24, 2.45) is 0 Å². The Hall–Kier alpha value is -2.87. The Kier molecular flexibility index (Phi) is 4.52. The van der Waals surface area contributed by atoms with E-state index in [1.54, 1.807) is 6.07 Å². The van der Waals surface area contributed by atoms with Crippen LogP contribution in [0.3, 0.4) is 0 Å². The number of carbonyl (C=O) groups is 1. The second-order valence-electron chi connectivity index (χ2n) is 4.55. The molecule has 106 valence electrons. The lowest BCUT2D eigenvalue weighted by Gasteiger charge is -2.09. The number of nitrogens with zero attached hydrogens (tertiary/aromatic N) is 2. The highest BCUT2D eigenvalue weighted by Crippen LogP contribution is 2.18. The number of anilines is 2. The molecule has 0 spiro atoms. The van der Waals surface area contributed by atoms with Crippen molar-refractivity contribution in [1.82, 2.24) is 4.98 Å². The summed E-state index contributed by atoms with van der Waals surface area (Å²) in [5.41, 5.74) is 2.67. The van der Waals surface area contributed by atoms with Crippen LogP contribution in [0.2, 0.25) is 0 Å². The van der Waals surface area contributed by atoms with Crippen LogP contribution in [0.15, 0.2) is 36.4 Å². The zero-order valence-electron chi connectivity index (χ0n) is 11.6. The molecule has 0 saturated carbocycles. The first-order valence-electron chi connectivity index (χ1n) is 6.59. The Labute approximate surface area is 122 Å². The van der Waals surface area contributed by atoms with Gasteiger partial charge in [0, 0.05) is 11.4 Å². The summed E-state index contributed by atoms with van der Waals surface area (Å²) in [7, 11) is 0. The Bertz CT molecular complexity index is 688. The van der Waals surface area contributed by atoms with Crippen LogP contribution in [-0.2, 0) is 12.8 Å². The molecule has 2 aromatic rings. The van der Waals surface area contributed by atoms with Crippen LogP contribution in [0.25, 0.3) is 0 Å². The van der Waals surface area contributed by atoms with Crippen molar-refractivity contribution in [3.05, 3.63) is 53.2 Å². The van der Waals surface area contributed by atoms with E-state index < -0.39 is 5.97 Å². The van der Waals surface area contributed by atoms with Crippen LogP contribution in [-0.4, -0.2) is 16.1 Å². The number of rotatable bonds is 5. The minimum atomic E-state index is -0.973. The van der Waals surface area contributed by atoms with Gasteiger partial charge in [-0.05, 0) is 36.2 Å². The molecule has 0 aliphatic rings. The fraction of sp³-hybridized carbons (Fsp3) is 0.188. The monoisotopic (exact) mass is 281 g/mol. The van der Waals surface area contributed by atoms with E-state index in [9.17, 15) is 4.79 Å². The summed E-state index contributed by atoms with van der Waals surface area (Å²) >= 11 is 0. The van der Waals surface area contributed by atoms with Crippen LogP contribution in [0.5, 0.6) is 0 Å². The summed E-state index contributed by atoms with van der Waals surface area (Å²) in [6.45, 7) is 1.93. The van der Waals surface area contributed by atoms with E-state index >= 15 is 0 Å². The van der Waals surface area contributed by atoms with E-state index in [0.29, 0.717) is 18.7 Å². The summed E-state index contributed by atoms with van der Waals surface area (Å²) in [6.07, 6.45) is 1.03. The SMILES string of the molecule is CCc1cc(C(=O)O)cc(Nc2ccc(CC#N)cc2)n1. The number of hydrogen-bond acceptors (Lipinski definition) is 4. The molecule has 0 atom stereocenters. The summed E-state index contributed by atoms with van der Waals surface area (Å²) < 4.78 is 0. The second kappa shape index (κ2) is 6.53. The van der Waals surface area contributed by atoms with Gasteiger partial charge in [0.2, 0.25) is 0 Å². The molecule has 0 amide bonds. The number of aryl methyl sites for hydroxylation is 1. The molecule has 0 unspecified atom stereocenters. The van der Waals surface area contributed by atoms with Gasteiger partial charge in [-0.2, -0.15) is 5.26 Å². The van der Waals surface area contributed by atoms with E-state index in [0.717, 1.165) is 16.9 Å². The molecule has 5 heteroatoms. The molecular weight excluding hydrogens is 266 g/mol. The molecule has 2 N–H and O–H groups in total. The van der Waals surface area contributed by atoms with E-state index in [2.05, 4.69) is 16.4 Å². The van der Waals surface area contributed by atoms with Crippen molar-refractivity contribution >= 4 is 17.5 Å². The molecule has 1 aromatic heterocycles. The Morgan fingerprint density at radius 3 is 2.62 bits per heavy atom. The highest BCUT2D eigenvalue weighted by atomic mass is 16.4. The normalized spacial score (nSPS) is 9.90. The standard InChI is InChI=1S/C16H15N3O2/c1-2-13-9-12(16(20)21)10-15(18-13)19-14-5-3-11(4-6-14)7-8-17/h3-6,9-10H,2,7H2,1H3,(H,18,19)(H,20,21). The minimum absolute atomic E-state index is 0.213. The predicted octanol–water partition coefficient (Wildman–Crippen LogP) is 3.15. The summed E-state index contributed by atoms with van der Waals surface area (Å²) in [5, 5.41) is 20.8. The van der Waals surface area contributed by atoms with E-state index in [-0.39, 0.29) is 5.56 Å². The van der Waals surface area contributed by atoms with Crippen LogP contribution in [0.4, 0.5) is 11.5 Å². The van der Waals surface area contributed by atoms with Gasteiger partial charge in [-0.15, -0.1) is 0 Å². The second-order valence-corrected chi connectivity index (χ2v) is 4.55. The fourth-order valence-electron chi connectivity index (χ4n) is 1.90. The van der Waals surface area contributed by atoms with Crippen LogP contribution < -0.4 is 5.32 Å². The zero-order chi connectivity index (χ0) is 15.2. The molecule has 0 bridgehead atoms. The number of aromatic nitrogens is 1. The largest absolute Gasteiger partial charge is 0.478 e. The minimum Gasteiger partial charge on any atom is -0.478 e. The maximum absolute atomic E-state index is 11.1. The highest BCUT2D eigenvalue weighted by Gasteiger charge is 2.08. The lowest BCUT2D eigenvalue weighted by molar-refractivity contribution is 0.0696. The van der Waals surface area contributed by atoms with Crippen molar-refractivity contribution in [1.29, 1.82) is 5.26 Å². The Morgan fingerprint density at radius 2 is 2.05 bits per heavy atom. The Morgan fingerprint density at radius 1 is 1.33 bits per heavy atom. The number of nitrogens with one attached hydrogen (secondary N) is 1. The predicted molar refractivity (Wildman–Crippen MR) is 79.6 cm³/mol. The molecule has 1 aromatic carbocycles. The van der Waals surface area contributed by atoms with Crippen molar-refractivity contribution in [2.45, 2.75) is 19.8 Å². The van der Waals surface area contributed by atoms with Crippen LogP contribution in [0.1, 0.15) is 28.5 Å². The Balaban J connectivity index is 2.24. The van der Waals surface area contributed by atoms with Crippen molar-refractivity contribution < 1.29 is 9.90 Å². The zero-order valence-corrected chi connectivity index (χ0v) is 11.6. The molecule has 2 rings (SSSR count). The lowest BCUT2D eigenvalue weighted by atomic mass is 10.1. The van der Waals surface area contributed by atoms with Crippen LogP contribution in [0, 0.1) is 11.3 Å². The molecule has 0 saturated heterocycles. The molecule has 0 radical (unpaired) electrons. The molecule has 1 heterocycles. The molecule has 21 heavy (non-hydrogen) atoms. The summed E-state index contributed by atoms with van der Waals surface area (Å²) in [5.74, 6) is -0.473. The van der Waals surface area contributed by atoms with Gasteiger partial charge in [-0.1, -0.05) is 19.1 Å². The van der Waals surface area contributed by atoms with E-state index in [1.165, 1.54) is 6.07 Å². The van der Waals surface area contributed by atoms with Crippen molar-refractivity contribution in [3.8, 4) is 6.07 Å². The number of hydrogen-bond donors (Lipinski definition) is 2. The van der Waals surface area contributed by atoms with E-state index in [1.807, 2.05) is 31.2 Å². The van der Waals surface area contributed by atoms with Crippen LogP contribution >= 0.6 is 0 Å². The first kappa shape index (κ1) is 14.5. The van der Waals surface area contributed by atoms with Crippen molar-refractivity contribution in [2.75, 3.05) is 5.32 Å². The fourth-order valence-corrected chi connectivity index (χ4v) is 1.90. The maximum Gasteiger partial charge on any atom is 0.335 e. The number of pyridine rings is 1. The van der Waals surface area contributed by atoms with Gasteiger partial charge in [-0.25, -0.2) is 9.78 Å². The van der Waals surface area contributed by atoms with Gasteiger partial charge in [0.15, 0.2) is 0 Å². The number of carboxylic acids is 1. The average molecular weight is 281 g/mol. The van der Waals surface area contributed by atoms with Gasteiger partial charge >= 0.3 is 5.97 Å². The topological polar surface area (TPSA) is 86.0 Å². The number of nitriles is 1. The number of aromatic carboxylic acids is 1. The van der Waals surface area contributed by atoms with Crippen molar-refractivity contribution in [3.63, 3.8) is 0 Å². The quantitative estimate of drug-likeness (QED) is 0.879. The van der Waals surface area contributed by atoms with Gasteiger partial charge in [0.05, 0.1) is 18.1 Å². The average Bonchev–Trinajstić information content (AvgIpc) is 2.49. The summed E-state index contributed by atoms with van der Waals surface area (Å²) in [4.78, 5) is 15.5. The highest BCUT2D eigenvalue weighted by molar-refractivity contribution is 5.88. The molecule has 0 fully saturated rings.